The van der Waals surface area contributed by atoms with Gasteiger partial charge in [0.05, 0.1) is 17.8 Å². The monoisotopic (exact) mass is 213 g/mol. The zero-order valence-electron chi connectivity index (χ0n) is 8.37. The molecule has 0 unspecified atom stereocenters. The van der Waals surface area contributed by atoms with E-state index < -0.39 is 0 Å². The Kier molecular flexibility index (Phi) is 3.36. The fraction of sp³-hybridized carbons (Fsp3) is 0.300. The second-order valence-corrected chi connectivity index (χ2v) is 3.30. The van der Waals surface area contributed by atoms with Gasteiger partial charge in [-0.3, -0.25) is 4.79 Å². The molecule has 0 N–H and O–H groups in total. The minimum absolute atomic E-state index is 0.0693. The van der Waals surface area contributed by atoms with E-state index in [-0.39, 0.29) is 5.91 Å². The van der Waals surface area contributed by atoms with E-state index in [0.29, 0.717) is 16.5 Å². The minimum atomic E-state index is -0.0693. The highest BCUT2D eigenvalue weighted by atomic mass is 35.5. The van der Waals surface area contributed by atoms with Crippen molar-refractivity contribution in [3.8, 4) is 5.75 Å². The fourth-order valence-electron chi connectivity index (χ4n) is 1.05. The molecule has 0 spiro atoms. The van der Waals surface area contributed by atoms with Gasteiger partial charge in [-0.1, -0.05) is 11.6 Å². The van der Waals surface area contributed by atoms with Gasteiger partial charge >= 0.3 is 0 Å². The van der Waals surface area contributed by atoms with Gasteiger partial charge in [-0.25, -0.2) is 0 Å². The predicted molar refractivity (Wildman–Crippen MR) is 57.1 cm³/mol. The summed E-state index contributed by atoms with van der Waals surface area (Å²) < 4.78 is 5.04. The third-order valence-corrected chi connectivity index (χ3v) is 2.31. The summed E-state index contributed by atoms with van der Waals surface area (Å²) in [7, 11) is 3.24. The molecule has 0 saturated heterocycles. The number of hydrogen-bond acceptors (Lipinski definition) is 2. The van der Waals surface area contributed by atoms with Gasteiger partial charge < -0.3 is 9.64 Å². The molecule has 76 valence electrons. The van der Waals surface area contributed by atoms with Crippen LogP contribution in [0.2, 0.25) is 5.02 Å². The number of halogens is 1. The first-order valence-corrected chi connectivity index (χ1v) is 4.52. The lowest BCUT2D eigenvalue weighted by Crippen LogP contribution is -2.23. The zero-order valence-corrected chi connectivity index (χ0v) is 9.13. The Morgan fingerprint density at radius 3 is 2.64 bits per heavy atom. The van der Waals surface area contributed by atoms with E-state index >= 15 is 0 Å². The van der Waals surface area contributed by atoms with E-state index in [2.05, 4.69) is 0 Å². The Hall–Kier alpha value is -1.22. The van der Waals surface area contributed by atoms with Crippen molar-refractivity contribution in [2.45, 2.75) is 6.92 Å². The topological polar surface area (TPSA) is 29.5 Å². The van der Waals surface area contributed by atoms with Crippen molar-refractivity contribution < 1.29 is 9.53 Å². The van der Waals surface area contributed by atoms with Gasteiger partial charge in [0.15, 0.2) is 0 Å². The lowest BCUT2D eigenvalue weighted by molar-refractivity contribution is -0.116. The third-order valence-electron chi connectivity index (χ3n) is 1.99. The molecule has 0 saturated carbocycles. The minimum Gasteiger partial charge on any atom is -0.497 e. The largest absolute Gasteiger partial charge is 0.497 e. The fourth-order valence-corrected chi connectivity index (χ4v) is 1.29. The second-order valence-electron chi connectivity index (χ2n) is 2.90. The molecule has 1 aromatic carbocycles. The third kappa shape index (κ3) is 2.17. The number of nitrogens with zero attached hydrogens (tertiary/aromatic N) is 1. The van der Waals surface area contributed by atoms with Crippen LogP contribution >= 0.6 is 11.6 Å². The molecule has 3 nitrogen and oxygen atoms in total. The van der Waals surface area contributed by atoms with Gasteiger partial charge in [-0.05, 0) is 12.1 Å². The van der Waals surface area contributed by atoms with Gasteiger partial charge in [-0.2, -0.15) is 0 Å². The number of hydrogen-bond donors (Lipinski definition) is 0. The van der Waals surface area contributed by atoms with Crippen LogP contribution in [-0.2, 0) is 4.79 Å². The first kappa shape index (κ1) is 10.9. The summed E-state index contributed by atoms with van der Waals surface area (Å²) in [6, 6.07) is 5.18. The van der Waals surface area contributed by atoms with E-state index in [0.717, 1.165) is 0 Å². The van der Waals surface area contributed by atoms with Crippen molar-refractivity contribution in [1.82, 2.24) is 0 Å². The average Bonchev–Trinajstić information content (AvgIpc) is 2.17. The van der Waals surface area contributed by atoms with Crippen LogP contribution in [0.4, 0.5) is 5.69 Å². The van der Waals surface area contributed by atoms with Crippen molar-refractivity contribution in [2.75, 3.05) is 19.1 Å². The summed E-state index contributed by atoms with van der Waals surface area (Å²) in [5.74, 6) is 0.609. The molecule has 0 aliphatic carbocycles. The number of ether oxygens (including phenoxy) is 1. The SMILES string of the molecule is COc1ccc(Cl)c(N(C)C(C)=O)c1. The van der Waals surface area contributed by atoms with Crippen LogP contribution in [0, 0.1) is 0 Å². The van der Waals surface area contributed by atoms with Gasteiger partial charge in [-0.15, -0.1) is 0 Å². The Morgan fingerprint density at radius 1 is 1.50 bits per heavy atom. The van der Waals surface area contributed by atoms with Crippen LogP contribution in [0.25, 0.3) is 0 Å². The molecular formula is C10H12ClNO2. The Labute approximate surface area is 88.2 Å². The molecule has 4 heteroatoms. The number of amides is 1. The number of rotatable bonds is 2. The summed E-state index contributed by atoms with van der Waals surface area (Å²) in [4.78, 5) is 12.6. The lowest BCUT2D eigenvalue weighted by atomic mass is 10.2. The standard InChI is InChI=1S/C10H12ClNO2/c1-7(13)12(2)10-6-8(14-3)4-5-9(10)11/h4-6H,1-3H3. The molecule has 1 amide bonds. The van der Waals surface area contributed by atoms with Crippen molar-refractivity contribution in [1.29, 1.82) is 0 Å². The first-order chi connectivity index (χ1) is 6.56. The highest BCUT2D eigenvalue weighted by Crippen LogP contribution is 2.29. The summed E-state index contributed by atoms with van der Waals surface area (Å²) in [5.41, 5.74) is 0.651. The van der Waals surface area contributed by atoms with Crippen molar-refractivity contribution in [3.63, 3.8) is 0 Å². The van der Waals surface area contributed by atoms with Gasteiger partial charge in [0, 0.05) is 20.0 Å². The van der Waals surface area contributed by atoms with Crippen molar-refractivity contribution >= 4 is 23.2 Å². The molecule has 0 bridgehead atoms. The van der Waals surface area contributed by atoms with Crippen molar-refractivity contribution in [2.24, 2.45) is 0 Å². The highest BCUT2D eigenvalue weighted by Gasteiger charge is 2.10. The predicted octanol–water partition coefficient (Wildman–Crippen LogP) is 2.33. The molecular weight excluding hydrogens is 202 g/mol. The molecule has 0 aromatic heterocycles. The number of methoxy groups -OCH3 is 1. The Bertz CT molecular complexity index is 352. The molecule has 0 aliphatic rings. The van der Waals surface area contributed by atoms with E-state index in [1.54, 1.807) is 32.4 Å². The maximum absolute atomic E-state index is 11.1. The highest BCUT2D eigenvalue weighted by molar-refractivity contribution is 6.33. The Balaban J connectivity index is 3.11. The number of carbonyl (C=O) groups is 1. The molecule has 0 fully saturated rings. The maximum atomic E-state index is 11.1. The van der Waals surface area contributed by atoms with Crippen LogP contribution in [-0.4, -0.2) is 20.1 Å². The van der Waals surface area contributed by atoms with Crippen LogP contribution in [0.3, 0.4) is 0 Å². The molecule has 0 heterocycles. The second kappa shape index (κ2) is 4.33. The van der Waals surface area contributed by atoms with Gasteiger partial charge in [0.1, 0.15) is 5.75 Å². The summed E-state index contributed by atoms with van der Waals surface area (Å²) in [6.07, 6.45) is 0. The summed E-state index contributed by atoms with van der Waals surface area (Å²) in [6.45, 7) is 1.48. The van der Waals surface area contributed by atoms with Crippen molar-refractivity contribution in [3.05, 3.63) is 23.2 Å². The normalized spacial score (nSPS) is 9.71. The smallest absolute Gasteiger partial charge is 0.223 e. The molecule has 1 aromatic rings. The number of carbonyl (C=O) groups excluding carboxylic acids is 1. The van der Waals surface area contributed by atoms with E-state index in [4.69, 9.17) is 16.3 Å². The van der Waals surface area contributed by atoms with Crippen LogP contribution in [0.15, 0.2) is 18.2 Å². The van der Waals surface area contributed by atoms with E-state index in [9.17, 15) is 4.79 Å². The average molecular weight is 214 g/mol. The van der Waals surface area contributed by atoms with E-state index in [1.807, 2.05) is 0 Å². The molecule has 0 aliphatic heterocycles. The first-order valence-electron chi connectivity index (χ1n) is 4.14. The zero-order chi connectivity index (χ0) is 10.7. The van der Waals surface area contributed by atoms with Gasteiger partial charge in [0.25, 0.3) is 0 Å². The number of anilines is 1. The molecule has 0 radical (unpaired) electrons. The summed E-state index contributed by atoms with van der Waals surface area (Å²) in [5, 5.41) is 0.531. The molecule has 0 atom stereocenters. The van der Waals surface area contributed by atoms with E-state index in [1.165, 1.54) is 11.8 Å². The molecule has 1 rings (SSSR count). The maximum Gasteiger partial charge on any atom is 0.223 e. The molecule has 14 heavy (non-hydrogen) atoms. The summed E-state index contributed by atoms with van der Waals surface area (Å²) >= 11 is 5.94. The van der Waals surface area contributed by atoms with Crippen LogP contribution in [0.1, 0.15) is 6.92 Å². The van der Waals surface area contributed by atoms with Gasteiger partial charge in [0.2, 0.25) is 5.91 Å². The Morgan fingerprint density at radius 2 is 2.14 bits per heavy atom. The van der Waals surface area contributed by atoms with Crippen LogP contribution in [0.5, 0.6) is 5.75 Å². The quantitative estimate of drug-likeness (QED) is 0.755. The van der Waals surface area contributed by atoms with Crippen LogP contribution < -0.4 is 9.64 Å². The lowest BCUT2D eigenvalue weighted by Gasteiger charge is -2.17. The number of benzene rings is 1.